The first-order valence-electron chi connectivity index (χ1n) is 4.75. The molecule has 0 fully saturated rings. The van der Waals surface area contributed by atoms with E-state index < -0.39 is 0 Å². The fourth-order valence-electron chi connectivity index (χ4n) is 1.10. The molecule has 0 aromatic heterocycles. The Hall–Kier alpha value is 0.0800. The molecule has 84 valence electrons. The Morgan fingerprint density at radius 3 is 2.80 bits per heavy atom. The van der Waals surface area contributed by atoms with Crippen molar-refractivity contribution in [3.8, 4) is 0 Å². The standard InChI is InChI=1S/C11H13Cl2FS/c1-8(4-5-12)15-7-9-2-3-10(13)11(14)6-9/h2-3,6,8H,4-5,7H2,1H3. The molecule has 15 heavy (non-hydrogen) atoms. The zero-order valence-electron chi connectivity index (χ0n) is 8.47. The van der Waals surface area contributed by atoms with Crippen LogP contribution in [0, 0.1) is 5.82 Å². The first-order valence-corrected chi connectivity index (χ1v) is 6.71. The summed E-state index contributed by atoms with van der Waals surface area (Å²) in [6.07, 6.45) is 0.974. The number of hydrogen-bond donors (Lipinski definition) is 0. The Morgan fingerprint density at radius 1 is 1.47 bits per heavy atom. The van der Waals surface area contributed by atoms with Crippen molar-refractivity contribution in [1.82, 2.24) is 0 Å². The van der Waals surface area contributed by atoms with Crippen molar-refractivity contribution in [1.29, 1.82) is 0 Å². The molecule has 1 aromatic carbocycles. The fourth-order valence-corrected chi connectivity index (χ4v) is 2.62. The number of alkyl halides is 1. The van der Waals surface area contributed by atoms with E-state index in [2.05, 4.69) is 6.92 Å². The lowest BCUT2D eigenvalue weighted by molar-refractivity contribution is 0.627. The van der Waals surface area contributed by atoms with Gasteiger partial charge in [0, 0.05) is 16.9 Å². The Balaban J connectivity index is 2.47. The molecule has 0 aliphatic rings. The zero-order chi connectivity index (χ0) is 11.3. The van der Waals surface area contributed by atoms with E-state index in [-0.39, 0.29) is 10.8 Å². The number of hydrogen-bond acceptors (Lipinski definition) is 1. The van der Waals surface area contributed by atoms with E-state index >= 15 is 0 Å². The van der Waals surface area contributed by atoms with Crippen LogP contribution in [-0.2, 0) is 5.75 Å². The van der Waals surface area contributed by atoms with Gasteiger partial charge >= 0.3 is 0 Å². The molecule has 4 heteroatoms. The van der Waals surface area contributed by atoms with Crippen molar-refractivity contribution in [2.75, 3.05) is 5.88 Å². The van der Waals surface area contributed by atoms with E-state index in [1.807, 2.05) is 6.07 Å². The second-order valence-corrected chi connectivity index (χ2v) is 5.56. The summed E-state index contributed by atoms with van der Waals surface area (Å²) in [4.78, 5) is 0. The minimum absolute atomic E-state index is 0.178. The van der Waals surface area contributed by atoms with Gasteiger partial charge in [-0.2, -0.15) is 11.8 Å². The zero-order valence-corrected chi connectivity index (χ0v) is 10.8. The van der Waals surface area contributed by atoms with Crippen molar-refractivity contribution in [3.63, 3.8) is 0 Å². The molecular formula is C11H13Cl2FS. The van der Waals surface area contributed by atoms with Crippen LogP contribution in [0.25, 0.3) is 0 Å². The van der Waals surface area contributed by atoms with Crippen LogP contribution in [0.15, 0.2) is 18.2 Å². The van der Waals surface area contributed by atoms with Gasteiger partial charge in [-0.15, -0.1) is 11.6 Å². The molecular weight excluding hydrogens is 254 g/mol. The first kappa shape index (κ1) is 13.1. The van der Waals surface area contributed by atoms with Gasteiger partial charge in [-0.1, -0.05) is 24.6 Å². The third-order valence-corrected chi connectivity index (χ3v) is 3.86. The molecule has 0 amide bonds. The molecule has 0 aliphatic heterocycles. The summed E-state index contributed by atoms with van der Waals surface area (Å²) in [6.45, 7) is 2.12. The highest BCUT2D eigenvalue weighted by atomic mass is 35.5. The van der Waals surface area contributed by atoms with Crippen molar-refractivity contribution < 1.29 is 4.39 Å². The van der Waals surface area contributed by atoms with Gasteiger partial charge in [0.25, 0.3) is 0 Å². The molecule has 0 N–H and O–H groups in total. The van der Waals surface area contributed by atoms with Gasteiger partial charge in [0.15, 0.2) is 0 Å². The lowest BCUT2D eigenvalue weighted by Crippen LogP contribution is -1.97. The highest BCUT2D eigenvalue weighted by Gasteiger charge is 2.04. The molecule has 0 radical (unpaired) electrons. The maximum absolute atomic E-state index is 13.1. The second-order valence-electron chi connectivity index (χ2n) is 3.35. The fraction of sp³-hybridized carbons (Fsp3) is 0.455. The summed E-state index contributed by atoms with van der Waals surface area (Å²) in [5.74, 6) is 1.12. The molecule has 1 atom stereocenters. The number of halogens is 3. The first-order chi connectivity index (χ1) is 7.13. The Bertz CT molecular complexity index is 317. The molecule has 0 nitrogen and oxygen atoms in total. The van der Waals surface area contributed by atoms with Crippen LogP contribution in [-0.4, -0.2) is 11.1 Å². The molecule has 0 heterocycles. The normalized spacial score (nSPS) is 12.8. The van der Waals surface area contributed by atoms with Gasteiger partial charge < -0.3 is 0 Å². The van der Waals surface area contributed by atoms with Crippen molar-refractivity contribution in [2.24, 2.45) is 0 Å². The molecule has 0 aliphatic carbocycles. The quantitative estimate of drug-likeness (QED) is 0.695. The van der Waals surface area contributed by atoms with Gasteiger partial charge in [0.05, 0.1) is 5.02 Å². The largest absolute Gasteiger partial charge is 0.205 e. The van der Waals surface area contributed by atoms with Crippen LogP contribution >= 0.6 is 35.0 Å². The predicted molar refractivity (Wildman–Crippen MR) is 67.5 cm³/mol. The summed E-state index contributed by atoms with van der Waals surface area (Å²) >= 11 is 13.0. The molecule has 0 saturated carbocycles. The van der Waals surface area contributed by atoms with Crippen LogP contribution < -0.4 is 0 Å². The van der Waals surface area contributed by atoms with Gasteiger partial charge in [0.2, 0.25) is 0 Å². The smallest absolute Gasteiger partial charge is 0.142 e. The van der Waals surface area contributed by atoms with Crippen molar-refractivity contribution >= 4 is 35.0 Å². The van der Waals surface area contributed by atoms with Gasteiger partial charge in [-0.25, -0.2) is 4.39 Å². The second kappa shape index (κ2) is 6.62. The van der Waals surface area contributed by atoms with Gasteiger partial charge in [-0.3, -0.25) is 0 Å². The summed E-state index contributed by atoms with van der Waals surface area (Å²) in [6, 6.07) is 4.94. The van der Waals surface area contributed by atoms with Crippen LogP contribution in [0.2, 0.25) is 5.02 Å². The summed E-state index contributed by atoms with van der Waals surface area (Å²) < 4.78 is 13.1. The highest BCUT2D eigenvalue weighted by molar-refractivity contribution is 7.99. The topological polar surface area (TPSA) is 0 Å². The number of thioether (sulfide) groups is 1. The van der Waals surface area contributed by atoms with Crippen LogP contribution in [0.5, 0.6) is 0 Å². The van der Waals surface area contributed by atoms with E-state index in [9.17, 15) is 4.39 Å². The molecule has 0 spiro atoms. The van der Waals surface area contributed by atoms with E-state index in [0.29, 0.717) is 11.1 Å². The molecule has 1 rings (SSSR count). The van der Waals surface area contributed by atoms with Crippen LogP contribution in [0.1, 0.15) is 18.9 Å². The lowest BCUT2D eigenvalue weighted by atomic mass is 10.2. The average molecular weight is 267 g/mol. The molecule has 0 saturated heterocycles. The Morgan fingerprint density at radius 2 is 2.20 bits per heavy atom. The highest BCUT2D eigenvalue weighted by Crippen LogP contribution is 2.23. The monoisotopic (exact) mass is 266 g/mol. The summed E-state index contributed by atoms with van der Waals surface area (Å²) in [5, 5.41) is 0.679. The summed E-state index contributed by atoms with van der Waals surface area (Å²) in [7, 11) is 0. The number of rotatable bonds is 5. The Labute approximate surface area is 104 Å². The summed E-state index contributed by atoms with van der Waals surface area (Å²) in [5.41, 5.74) is 0.961. The number of benzene rings is 1. The Kier molecular flexibility index (Phi) is 5.80. The van der Waals surface area contributed by atoms with E-state index in [1.54, 1.807) is 17.8 Å². The molecule has 0 bridgehead atoms. The van der Waals surface area contributed by atoms with Crippen molar-refractivity contribution in [3.05, 3.63) is 34.6 Å². The van der Waals surface area contributed by atoms with Crippen LogP contribution in [0.4, 0.5) is 4.39 Å². The van der Waals surface area contributed by atoms with Gasteiger partial charge in [0.1, 0.15) is 5.82 Å². The van der Waals surface area contributed by atoms with E-state index in [1.165, 1.54) is 6.07 Å². The maximum Gasteiger partial charge on any atom is 0.142 e. The molecule has 1 unspecified atom stereocenters. The van der Waals surface area contributed by atoms with E-state index in [4.69, 9.17) is 23.2 Å². The molecule has 1 aromatic rings. The third-order valence-electron chi connectivity index (χ3n) is 2.03. The van der Waals surface area contributed by atoms with Crippen molar-refractivity contribution in [2.45, 2.75) is 24.3 Å². The SMILES string of the molecule is CC(CCCl)SCc1ccc(Cl)c(F)c1. The minimum Gasteiger partial charge on any atom is -0.205 e. The third kappa shape index (κ3) is 4.62. The average Bonchev–Trinajstić information content (AvgIpc) is 2.20. The minimum atomic E-state index is -0.347. The van der Waals surface area contributed by atoms with Gasteiger partial charge in [-0.05, 0) is 24.1 Å². The van der Waals surface area contributed by atoms with E-state index in [0.717, 1.165) is 17.7 Å². The van der Waals surface area contributed by atoms with Crippen LogP contribution in [0.3, 0.4) is 0 Å². The lowest BCUT2D eigenvalue weighted by Gasteiger charge is -2.09. The maximum atomic E-state index is 13.1. The predicted octanol–water partition coefficient (Wildman–Crippen LogP) is 4.73.